The quantitative estimate of drug-likeness (QED) is 0.0623. The fraction of sp³-hybridized carbons (Fsp3) is 0.297. The second-order valence-corrected chi connectivity index (χ2v) is 15.1. The Bertz CT molecular complexity index is 2580. The number of nitrogens with one attached hydrogen (secondary N) is 2. The van der Waals surface area contributed by atoms with Crippen molar-refractivity contribution in [1.82, 2.24) is 34.1 Å². The highest BCUT2D eigenvalue weighted by Crippen LogP contribution is 2.32. The van der Waals surface area contributed by atoms with Gasteiger partial charge in [-0.05, 0) is 51.3 Å². The molecule has 6 rings (SSSR count). The van der Waals surface area contributed by atoms with Crippen LogP contribution < -0.4 is 26.8 Å². The number of fused-ring (bicyclic) bond motifs is 2. The van der Waals surface area contributed by atoms with Gasteiger partial charge in [0.2, 0.25) is 23.7 Å². The van der Waals surface area contributed by atoms with E-state index in [2.05, 4.69) is 35.6 Å². The highest BCUT2D eigenvalue weighted by Gasteiger charge is 2.23. The summed E-state index contributed by atoms with van der Waals surface area (Å²) in [6.45, 7) is 7.73. The molecule has 0 aliphatic heterocycles. The number of allylic oxidation sites excluding steroid dienone is 2. The monoisotopic (exact) mass is 813 g/mol. The lowest BCUT2D eigenvalue weighted by Crippen LogP contribution is -2.17. The van der Waals surface area contributed by atoms with Gasteiger partial charge in [-0.3, -0.25) is 39.2 Å². The van der Waals surface area contributed by atoms with Gasteiger partial charge in [0, 0.05) is 31.3 Å². The van der Waals surface area contributed by atoms with E-state index in [9.17, 15) is 24.0 Å². The van der Waals surface area contributed by atoms with Crippen molar-refractivity contribution in [1.29, 1.82) is 0 Å². The number of carboxylic acid groups (broad SMARTS) is 1. The molecule has 0 bridgehead atoms. The number of carbonyl (C=O) groups is 5. The Morgan fingerprint density at radius 3 is 1.89 bits per heavy atom. The maximum Gasteiger partial charge on any atom is 0.303 e. The van der Waals surface area contributed by atoms with E-state index in [1.807, 2.05) is 27.7 Å². The number of benzene rings is 1. The van der Waals surface area contributed by atoms with Gasteiger partial charge >= 0.3 is 5.97 Å². The van der Waals surface area contributed by atoms with Crippen molar-refractivity contribution in [3.05, 3.63) is 78.8 Å². The molecule has 6 aromatic rings. The molecule has 5 heterocycles. The van der Waals surface area contributed by atoms with Gasteiger partial charge in [0.25, 0.3) is 11.8 Å². The summed E-state index contributed by atoms with van der Waals surface area (Å²) in [5.74, 6) is -2.70. The highest BCUT2D eigenvalue weighted by atomic mass is 32.1. The lowest BCUT2D eigenvalue weighted by molar-refractivity contribution is -0.137. The van der Waals surface area contributed by atoms with Crippen LogP contribution >= 0.6 is 22.7 Å². The van der Waals surface area contributed by atoms with Crippen LogP contribution in [0.2, 0.25) is 0 Å². The number of aromatic nitrogens is 7. The Kier molecular flexibility index (Phi) is 12.0. The van der Waals surface area contributed by atoms with Gasteiger partial charge in [0.05, 0.1) is 39.1 Å². The highest BCUT2D eigenvalue weighted by molar-refractivity contribution is 7.14. The maximum absolute atomic E-state index is 13.7. The number of nitrogens with zero attached hydrogens (tertiary/aromatic N) is 7. The molecule has 0 radical (unpaired) electrons. The van der Waals surface area contributed by atoms with Gasteiger partial charge in [-0.15, -0.1) is 22.7 Å². The normalized spacial score (nSPS) is 11.4. The first kappa shape index (κ1) is 40.1. The molecule has 0 aliphatic rings. The smallest absolute Gasteiger partial charge is 0.303 e. The van der Waals surface area contributed by atoms with Crippen molar-refractivity contribution in [3.63, 3.8) is 0 Å². The summed E-state index contributed by atoms with van der Waals surface area (Å²) in [6.07, 6.45) is 6.06. The third-order valence-electron chi connectivity index (χ3n) is 8.64. The van der Waals surface area contributed by atoms with Crippen LogP contribution in [0.3, 0.4) is 0 Å². The Labute approximate surface area is 333 Å². The minimum absolute atomic E-state index is 0.0137. The maximum atomic E-state index is 13.7. The lowest BCUT2D eigenvalue weighted by Gasteiger charge is -2.13. The number of amides is 4. The van der Waals surface area contributed by atoms with E-state index in [1.165, 1.54) is 47.1 Å². The van der Waals surface area contributed by atoms with Crippen LogP contribution in [0.5, 0.6) is 5.75 Å². The summed E-state index contributed by atoms with van der Waals surface area (Å²) >= 11 is 2.52. The number of anilines is 2. The lowest BCUT2D eigenvalue weighted by atomic mass is 10.1. The SMILES string of the molecule is CCc1nc(C)sc1C(=O)Nc1nc2cc(C(N)=O)cnc2n1C/C=C/Cn1c(NC(=O)c2sc(C)nc2CC)nc2cc(C(N)=O)cc(OCCCC(=O)O)c21. The van der Waals surface area contributed by atoms with E-state index in [1.54, 1.807) is 21.3 Å². The van der Waals surface area contributed by atoms with Crippen molar-refractivity contribution in [2.45, 2.75) is 66.5 Å². The Hall–Kier alpha value is -6.54. The van der Waals surface area contributed by atoms with E-state index >= 15 is 0 Å². The molecule has 0 saturated heterocycles. The van der Waals surface area contributed by atoms with Crippen LogP contribution in [-0.2, 0) is 30.7 Å². The predicted octanol–water partition coefficient (Wildman–Crippen LogP) is 4.64. The first-order valence-electron chi connectivity index (χ1n) is 17.8. The summed E-state index contributed by atoms with van der Waals surface area (Å²) in [7, 11) is 0. The number of primary amides is 2. The number of pyridine rings is 1. The number of imidazole rings is 2. The minimum atomic E-state index is -0.985. The Balaban J connectivity index is 1.38. The van der Waals surface area contributed by atoms with Gasteiger partial charge in [0.1, 0.15) is 26.5 Å². The summed E-state index contributed by atoms with van der Waals surface area (Å²) in [6, 6.07) is 4.43. The second-order valence-electron chi connectivity index (χ2n) is 12.7. The summed E-state index contributed by atoms with van der Waals surface area (Å²) in [4.78, 5) is 86.1. The molecule has 296 valence electrons. The number of ether oxygens (including phenoxy) is 1. The summed E-state index contributed by atoms with van der Waals surface area (Å²) in [5, 5.41) is 16.4. The van der Waals surface area contributed by atoms with E-state index < -0.39 is 29.6 Å². The molecule has 20 heteroatoms. The first-order chi connectivity index (χ1) is 27.3. The summed E-state index contributed by atoms with van der Waals surface area (Å²) in [5.41, 5.74) is 14.1. The molecule has 18 nitrogen and oxygen atoms in total. The fourth-order valence-electron chi connectivity index (χ4n) is 6.03. The van der Waals surface area contributed by atoms with E-state index in [-0.39, 0.29) is 61.3 Å². The molecule has 5 aromatic heterocycles. The molecule has 1 aromatic carbocycles. The zero-order valence-electron chi connectivity index (χ0n) is 31.4. The van der Waals surface area contributed by atoms with Gasteiger partial charge in [-0.25, -0.2) is 24.9 Å². The van der Waals surface area contributed by atoms with Crippen LogP contribution in [0.4, 0.5) is 11.9 Å². The largest absolute Gasteiger partial charge is 0.491 e. The minimum Gasteiger partial charge on any atom is -0.491 e. The topological polar surface area (TPSA) is 265 Å². The molecule has 57 heavy (non-hydrogen) atoms. The number of hydrogen-bond acceptors (Lipinski definition) is 13. The third-order valence-corrected chi connectivity index (χ3v) is 10.7. The summed E-state index contributed by atoms with van der Waals surface area (Å²) < 4.78 is 9.37. The van der Waals surface area contributed by atoms with Crippen molar-refractivity contribution in [2.24, 2.45) is 11.5 Å². The van der Waals surface area contributed by atoms with Crippen molar-refractivity contribution >= 4 is 86.4 Å². The van der Waals surface area contributed by atoms with Crippen molar-refractivity contribution in [3.8, 4) is 5.75 Å². The number of carbonyl (C=O) groups excluding carboxylic acids is 4. The van der Waals surface area contributed by atoms with Gasteiger partial charge in [-0.2, -0.15) is 0 Å². The van der Waals surface area contributed by atoms with E-state index in [0.29, 0.717) is 56.2 Å². The zero-order chi connectivity index (χ0) is 41.0. The molecule has 7 N–H and O–H groups in total. The fourth-order valence-corrected chi connectivity index (χ4v) is 7.83. The van der Waals surface area contributed by atoms with Crippen LogP contribution in [0.25, 0.3) is 22.2 Å². The number of aryl methyl sites for hydroxylation is 4. The van der Waals surface area contributed by atoms with Crippen LogP contribution in [-0.4, -0.2) is 75.4 Å². The van der Waals surface area contributed by atoms with Crippen LogP contribution in [0.1, 0.15) is 88.2 Å². The van der Waals surface area contributed by atoms with E-state index in [4.69, 9.17) is 21.3 Å². The van der Waals surface area contributed by atoms with Crippen molar-refractivity contribution in [2.75, 3.05) is 17.2 Å². The average Bonchev–Trinajstić information content (AvgIpc) is 3.93. The molecule has 0 saturated carbocycles. The molecule has 4 amide bonds. The van der Waals surface area contributed by atoms with Gasteiger partial charge < -0.3 is 25.9 Å². The third kappa shape index (κ3) is 8.81. The number of nitrogens with two attached hydrogens (primary N) is 2. The Morgan fingerprint density at radius 1 is 0.789 bits per heavy atom. The number of hydrogen-bond donors (Lipinski definition) is 5. The molecular weight excluding hydrogens is 775 g/mol. The van der Waals surface area contributed by atoms with Crippen LogP contribution in [0.15, 0.2) is 36.5 Å². The zero-order valence-corrected chi connectivity index (χ0v) is 33.0. The standard InChI is InChI=1S/C37H39N11O7S2/c1-5-22-29(56-18(3)41-22)34(53)45-36-43-24-14-20(31(38)51)16-26(55-13-9-10-27(49)50)28(24)47(36)11-7-8-12-48-33-25(15-21(17-40-33)32(39)52)44-37(48)46-35(54)30-23(6-2)42-19(4)57-30/h7-8,14-17H,5-6,9-13H2,1-4H3,(H2,38,51)(H2,39,52)(H,49,50)(H,43,45,53)(H,44,46,54)/b8-7+. The molecule has 0 atom stereocenters. The predicted molar refractivity (Wildman–Crippen MR) is 214 cm³/mol. The molecular formula is C37H39N11O7S2. The average molecular weight is 814 g/mol. The van der Waals surface area contributed by atoms with Gasteiger partial charge in [-0.1, -0.05) is 26.0 Å². The second kappa shape index (κ2) is 17.1. The van der Waals surface area contributed by atoms with Crippen molar-refractivity contribution < 1.29 is 33.8 Å². The molecule has 0 fully saturated rings. The first-order valence-corrected chi connectivity index (χ1v) is 19.5. The van der Waals surface area contributed by atoms with Crippen LogP contribution in [0, 0.1) is 13.8 Å². The molecule has 0 aliphatic carbocycles. The number of aliphatic carboxylic acids is 1. The number of rotatable bonds is 17. The molecule has 0 spiro atoms. The number of carboxylic acids is 1. The number of thiazole rings is 2. The Morgan fingerprint density at radius 2 is 1.33 bits per heavy atom. The van der Waals surface area contributed by atoms with E-state index in [0.717, 1.165) is 10.0 Å². The molecule has 0 unspecified atom stereocenters. The van der Waals surface area contributed by atoms with Gasteiger partial charge in [0.15, 0.2) is 5.65 Å².